The van der Waals surface area contributed by atoms with Crippen molar-refractivity contribution in [3.05, 3.63) is 41.9 Å². The zero-order chi connectivity index (χ0) is 14.0. The number of H-pyrrole nitrogens is 1. The molecule has 19 heavy (non-hydrogen) atoms. The van der Waals surface area contributed by atoms with Crippen LogP contribution in [0.25, 0.3) is 0 Å². The average molecular weight is 296 g/mol. The molecule has 0 saturated carbocycles. The van der Waals surface area contributed by atoms with Gasteiger partial charge in [0, 0.05) is 11.3 Å². The Balaban J connectivity index is 2.30. The molecule has 1 aromatic heterocycles. The number of nitrogens with one attached hydrogen (secondary N) is 2. The van der Waals surface area contributed by atoms with E-state index in [0.29, 0.717) is 17.1 Å². The Bertz CT molecular complexity index is 722. The Hall–Kier alpha value is -1.93. The highest BCUT2D eigenvalue weighted by atomic mass is 32.2. The lowest BCUT2D eigenvalue weighted by Crippen LogP contribution is -2.15. The molecule has 0 atom stereocenters. The molecule has 0 fully saturated rings. The van der Waals surface area contributed by atoms with Crippen LogP contribution in [0.3, 0.4) is 0 Å². The second kappa shape index (κ2) is 4.98. The predicted molar refractivity (Wildman–Crippen MR) is 76.5 cm³/mol. The highest BCUT2D eigenvalue weighted by Crippen LogP contribution is 2.16. The number of nitrogens with zero attached hydrogens (tertiary/aromatic N) is 1. The van der Waals surface area contributed by atoms with E-state index in [4.69, 9.17) is 18.0 Å². The fourth-order valence-corrected chi connectivity index (χ4v) is 2.63. The van der Waals surface area contributed by atoms with Crippen LogP contribution in [0.5, 0.6) is 0 Å². The number of imidazole rings is 1. The Kier molecular flexibility index (Phi) is 3.54. The predicted octanol–water partition coefficient (Wildman–Crippen LogP) is 1.15. The van der Waals surface area contributed by atoms with Crippen LogP contribution < -0.4 is 10.5 Å². The number of thiocarbonyl (C=S) groups is 1. The molecule has 1 aromatic carbocycles. The summed E-state index contributed by atoms with van der Waals surface area (Å²) in [7, 11) is -3.69. The SMILES string of the molecule is Cc1ncc(S(=O)(=O)Nc2cccc(C(N)=S)c2)[nH]1. The summed E-state index contributed by atoms with van der Waals surface area (Å²) in [4.78, 5) is 6.72. The molecule has 0 aliphatic carbocycles. The zero-order valence-electron chi connectivity index (χ0n) is 10.0. The normalized spacial score (nSPS) is 11.2. The van der Waals surface area contributed by atoms with Crippen LogP contribution in [0.1, 0.15) is 11.4 Å². The summed E-state index contributed by atoms with van der Waals surface area (Å²) < 4.78 is 26.5. The number of sulfonamides is 1. The number of aryl methyl sites for hydroxylation is 1. The van der Waals surface area contributed by atoms with E-state index in [9.17, 15) is 8.42 Å². The standard InChI is InChI=1S/C11H12N4O2S2/c1-7-13-6-10(14-7)19(16,17)15-9-4-2-3-8(5-9)11(12)18/h2-6,15H,1H3,(H2,12,18)(H,13,14). The molecule has 0 aliphatic rings. The maximum absolute atomic E-state index is 12.0. The topological polar surface area (TPSA) is 101 Å². The minimum Gasteiger partial charge on any atom is -0.389 e. The summed E-state index contributed by atoms with van der Waals surface area (Å²) in [5.41, 5.74) is 6.48. The first-order chi connectivity index (χ1) is 8.88. The first-order valence-electron chi connectivity index (χ1n) is 5.33. The van der Waals surface area contributed by atoms with Crippen LogP contribution in [0.4, 0.5) is 5.69 Å². The summed E-state index contributed by atoms with van der Waals surface area (Å²) in [5, 5.41) is 0.00530. The highest BCUT2D eigenvalue weighted by Gasteiger charge is 2.16. The lowest BCUT2D eigenvalue weighted by molar-refractivity contribution is 0.598. The van der Waals surface area contributed by atoms with Gasteiger partial charge in [-0.15, -0.1) is 0 Å². The number of anilines is 1. The van der Waals surface area contributed by atoms with Crippen molar-refractivity contribution < 1.29 is 8.42 Å². The minimum atomic E-state index is -3.69. The summed E-state index contributed by atoms with van der Waals surface area (Å²) in [5.74, 6) is 0.525. The van der Waals surface area contributed by atoms with Crippen LogP contribution in [0.15, 0.2) is 35.5 Å². The lowest BCUT2D eigenvalue weighted by atomic mass is 10.2. The van der Waals surface area contributed by atoms with Gasteiger partial charge in [-0.25, -0.2) is 4.98 Å². The Labute approximate surface area is 116 Å². The second-order valence-electron chi connectivity index (χ2n) is 3.88. The van der Waals surface area contributed by atoms with Crippen molar-refractivity contribution >= 4 is 32.9 Å². The number of hydrogen-bond acceptors (Lipinski definition) is 4. The Morgan fingerprint density at radius 1 is 1.47 bits per heavy atom. The molecule has 0 amide bonds. The summed E-state index contributed by atoms with van der Waals surface area (Å²) in [6.45, 7) is 1.67. The van der Waals surface area contributed by atoms with Crippen molar-refractivity contribution in [2.75, 3.05) is 4.72 Å². The monoisotopic (exact) mass is 296 g/mol. The molecule has 0 bridgehead atoms. The molecule has 100 valence electrons. The largest absolute Gasteiger partial charge is 0.389 e. The van der Waals surface area contributed by atoms with Gasteiger partial charge in [0.2, 0.25) is 0 Å². The van der Waals surface area contributed by atoms with Crippen LogP contribution in [0, 0.1) is 6.92 Å². The maximum atomic E-state index is 12.0. The minimum absolute atomic E-state index is 0.00530. The van der Waals surface area contributed by atoms with E-state index in [-0.39, 0.29) is 10.0 Å². The molecule has 6 nitrogen and oxygen atoms in total. The van der Waals surface area contributed by atoms with Crippen molar-refractivity contribution in [1.29, 1.82) is 0 Å². The number of aromatic nitrogens is 2. The maximum Gasteiger partial charge on any atom is 0.278 e. The van der Waals surface area contributed by atoms with E-state index < -0.39 is 10.0 Å². The summed E-state index contributed by atoms with van der Waals surface area (Å²) in [6.07, 6.45) is 1.26. The van der Waals surface area contributed by atoms with Crippen molar-refractivity contribution in [2.24, 2.45) is 5.73 Å². The summed E-state index contributed by atoms with van der Waals surface area (Å²) in [6, 6.07) is 6.57. The molecular formula is C11H12N4O2S2. The quantitative estimate of drug-likeness (QED) is 0.735. The van der Waals surface area contributed by atoms with Crippen molar-refractivity contribution in [1.82, 2.24) is 9.97 Å². The third-order valence-electron chi connectivity index (χ3n) is 2.37. The van der Waals surface area contributed by atoms with Gasteiger partial charge < -0.3 is 10.7 Å². The average Bonchev–Trinajstić information content (AvgIpc) is 2.76. The van der Waals surface area contributed by atoms with Gasteiger partial charge in [-0.3, -0.25) is 4.72 Å². The van der Waals surface area contributed by atoms with Gasteiger partial charge in [0.05, 0.1) is 6.20 Å². The van der Waals surface area contributed by atoms with Gasteiger partial charge >= 0.3 is 0 Å². The van der Waals surface area contributed by atoms with Crippen molar-refractivity contribution in [3.8, 4) is 0 Å². The van der Waals surface area contributed by atoms with Crippen LogP contribution in [-0.4, -0.2) is 23.4 Å². The van der Waals surface area contributed by atoms with E-state index >= 15 is 0 Å². The van der Waals surface area contributed by atoms with Crippen molar-refractivity contribution in [2.45, 2.75) is 11.9 Å². The first kappa shape index (κ1) is 13.5. The number of rotatable bonds is 4. The van der Waals surface area contributed by atoms with Gasteiger partial charge in [0.15, 0.2) is 5.03 Å². The Morgan fingerprint density at radius 3 is 2.79 bits per heavy atom. The van der Waals surface area contributed by atoms with Gasteiger partial charge in [-0.2, -0.15) is 8.42 Å². The van der Waals surface area contributed by atoms with E-state index in [1.165, 1.54) is 6.20 Å². The van der Waals surface area contributed by atoms with E-state index in [1.54, 1.807) is 31.2 Å². The second-order valence-corrected chi connectivity index (χ2v) is 5.97. The number of hydrogen-bond donors (Lipinski definition) is 3. The Morgan fingerprint density at radius 2 is 2.21 bits per heavy atom. The highest BCUT2D eigenvalue weighted by molar-refractivity contribution is 7.92. The third kappa shape index (κ3) is 3.09. The third-order valence-corrected chi connectivity index (χ3v) is 3.90. The first-order valence-corrected chi connectivity index (χ1v) is 7.22. The van der Waals surface area contributed by atoms with Crippen molar-refractivity contribution in [3.63, 3.8) is 0 Å². The number of nitrogens with two attached hydrogens (primary N) is 1. The molecule has 4 N–H and O–H groups in total. The molecule has 0 radical (unpaired) electrons. The summed E-state index contributed by atoms with van der Waals surface area (Å²) >= 11 is 4.84. The molecule has 0 unspecified atom stereocenters. The molecule has 0 saturated heterocycles. The van der Waals surface area contributed by atoms with E-state index in [0.717, 1.165) is 0 Å². The van der Waals surface area contributed by atoms with Gasteiger partial charge in [-0.1, -0.05) is 24.4 Å². The fraction of sp³-hybridized carbons (Fsp3) is 0.0909. The van der Waals surface area contributed by atoms with E-state index in [2.05, 4.69) is 14.7 Å². The number of benzene rings is 1. The molecule has 2 rings (SSSR count). The van der Waals surface area contributed by atoms with E-state index in [1.807, 2.05) is 0 Å². The molecule has 1 heterocycles. The van der Waals surface area contributed by atoms with Crippen LogP contribution in [-0.2, 0) is 10.0 Å². The van der Waals surface area contributed by atoms with Crippen LogP contribution in [0.2, 0.25) is 0 Å². The lowest BCUT2D eigenvalue weighted by Gasteiger charge is -2.07. The molecular weight excluding hydrogens is 284 g/mol. The number of aromatic amines is 1. The van der Waals surface area contributed by atoms with Gasteiger partial charge in [-0.05, 0) is 19.1 Å². The zero-order valence-corrected chi connectivity index (χ0v) is 11.7. The van der Waals surface area contributed by atoms with Gasteiger partial charge in [0.1, 0.15) is 10.8 Å². The fourth-order valence-electron chi connectivity index (χ4n) is 1.48. The van der Waals surface area contributed by atoms with Crippen LogP contribution >= 0.6 is 12.2 Å². The molecule has 0 spiro atoms. The molecule has 0 aliphatic heterocycles. The molecule has 8 heteroatoms. The molecule has 2 aromatic rings. The van der Waals surface area contributed by atoms with Gasteiger partial charge in [0.25, 0.3) is 10.0 Å². The smallest absolute Gasteiger partial charge is 0.278 e.